The molecule has 1 aliphatic heterocycles. The smallest absolute Gasteiger partial charge is 0.181 e. The van der Waals surface area contributed by atoms with Gasteiger partial charge in [0, 0.05) is 22.8 Å². The van der Waals surface area contributed by atoms with E-state index in [0.717, 1.165) is 45.0 Å². The van der Waals surface area contributed by atoms with Crippen molar-refractivity contribution in [1.82, 2.24) is 4.98 Å². The molecule has 0 spiro atoms. The zero-order valence-electron chi connectivity index (χ0n) is 10.4. The molecule has 0 unspecified atom stereocenters. The number of aryl methyl sites for hydroxylation is 1. The van der Waals surface area contributed by atoms with Crippen LogP contribution in [0.1, 0.15) is 16.8 Å². The number of ether oxygens (including phenoxy) is 1. The molecule has 3 nitrogen and oxygen atoms in total. The minimum atomic E-state index is 0.618. The van der Waals surface area contributed by atoms with E-state index in [0.29, 0.717) is 5.13 Å². The first-order chi connectivity index (χ1) is 9.13. The van der Waals surface area contributed by atoms with Crippen molar-refractivity contribution in [2.75, 3.05) is 12.3 Å². The lowest BCUT2D eigenvalue weighted by Gasteiger charge is -2.08. The number of fused-ring (bicyclic) bond motifs is 1. The summed E-state index contributed by atoms with van der Waals surface area (Å²) in [5.41, 5.74) is 9.06. The van der Waals surface area contributed by atoms with E-state index in [1.165, 1.54) is 16.9 Å². The number of benzene rings is 1. The quantitative estimate of drug-likeness (QED) is 0.873. The molecule has 0 amide bonds. The maximum Gasteiger partial charge on any atom is 0.181 e. The molecule has 1 aliphatic rings. The van der Waals surface area contributed by atoms with Crippen LogP contribution in [0.4, 0.5) is 5.13 Å². The summed E-state index contributed by atoms with van der Waals surface area (Å²) >= 11 is 9.41. The molecule has 1 aromatic carbocycles. The highest BCUT2D eigenvalue weighted by atomic mass is 35.5. The van der Waals surface area contributed by atoms with Crippen molar-refractivity contribution in [2.45, 2.75) is 23.3 Å². The number of thioether (sulfide) groups is 1. The molecule has 2 N–H and O–H groups in total. The number of anilines is 1. The van der Waals surface area contributed by atoms with Gasteiger partial charge >= 0.3 is 0 Å². The van der Waals surface area contributed by atoms with Gasteiger partial charge in [0.15, 0.2) is 5.13 Å². The first kappa shape index (κ1) is 13.1. The highest BCUT2D eigenvalue weighted by molar-refractivity contribution is 8.00. The highest BCUT2D eigenvalue weighted by Crippen LogP contribution is 2.38. The highest BCUT2D eigenvalue weighted by Gasteiger charge is 2.18. The standard InChI is InChI=1S/C13H13ClN2OS2/c1-7-12(19-13(15)16-7)18-6-9-5-10(14)4-8-2-3-17-11(8)9/h4-5H,2-3,6H2,1H3,(H2,15,16). The van der Waals surface area contributed by atoms with Crippen LogP contribution in [0.3, 0.4) is 0 Å². The number of nitrogens with zero attached hydrogens (tertiary/aromatic N) is 1. The van der Waals surface area contributed by atoms with Crippen LogP contribution in [0.5, 0.6) is 5.75 Å². The van der Waals surface area contributed by atoms with E-state index in [4.69, 9.17) is 22.1 Å². The molecule has 0 fully saturated rings. The van der Waals surface area contributed by atoms with Gasteiger partial charge in [-0.25, -0.2) is 4.98 Å². The summed E-state index contributed by atoms with van der Waals surface area (Å²) in [5.74, 6) is 1.83. The van der Waals surface area contributed by atoms with E-state index in [1.54, 1.807) is 11.8 Å². The van der Waals surface area contributed by atoms with Crippen LogP contribution >= 0.6 is 34.7 Å². The molecule has 0 radical (unpaired) electrons. The Labute approximate surface area is 125 Å². The number of aromatic nitrogens is 1. The topological polar surface area (TPSA) is 48.1 Å². The molecule has 2 aromatic rings. The summed E-state index contributed by atoms with van der Waals surface area (Å²) in [6.45, 7) is 2.73. The molecule has 0 saturated heterocycles. The summed E-state index contributed by atoms with van der Waals surface area (Å²) in [6.07, 6.45) is 0.945. The van der Waals surface area contributed by atoms with E-state index < -0.39 is 0 Å². The second kappa shape index (κ2) is 5.23. The van der Waals surface area contributed by atoms with Gasteiger partial charge < -0.3 is 10.5 Å². The molecule has 1 aromatic heterocycles. The first-order valence-electron chi connectivity index (χ1n) is 5.93. The Hall–Kier alpha value is -0.910. The molecule has 0 atom stereocenters. The predicted molar refractivity (Wildman–Crippen MR) is 81.5 cm³/mol. The summed E-state index contributed by atoms with van der Waals surface area (Å²) < 4.78 is 6.86. The lowest BCUT2D eigenvalue weighted by molar-refractivity contribution is 0.354. The zero-order chi connectivity index (χ0) is 13.4. The monoisotopic (exact) mass is 312 g/mol. The number of nitrogens with two attached hydrogens (primary N) is 1. The maximum absolute atomic E-state index is 6.15. The van der Waals surface area contributed by atoms with Crippen LogP contribution in [0.2, 0.25) is 5.02 Å². The molecular formula is C13H13ClN2OS2. The molecule has 2 heterocycles. The van der Waals surface area contributed by atoms with Crippen molar-refractivity contribution < 1.29 is 4.74 Å². The van der Waals surface area contributed by atoms with Crippen molar-refractivity contribution in [2.24, 2.45) is 0 Å². The number of hydrogen-bond donors (Lipinski definition) is 1. The van der Waals surface area contributed by atoms with E-state index in [9.17, 15) is 0 Å². The Morgan fingerprint density at radius 3 is 3.11 bits per heavy atom. The SMILES string of the molecule is Cc1nc(N)sc1SCc1cc(Cl)cc2c1OCC2. The summed E-state index contributed by atoms with van der Waals surface area (Å²) in [4.78, 5) is 4.23. The number of halogens is 1. The predicted octanol–water partition coefficient (Wildman–Crippen LogP) is 3.91. The fourth-order valence-electron chi connectivity index (χ4n) is 2.13. The van der Waals surface area contributed by atoms with Crippen LogP contribution in [0.15, 0.2) is 16.3 Å². The van der Waals surface area contributed by atoms with Gasteiger partial charge in [0.2, 0.25) is 0 Å². The van der Waals surface area contributed by atoms with Gasteiger partial charge in [-0.15, -0.1) is 11.8 Å². The second-order valence-corrected chi connectivity index (χ2v) is 7.08. The van der Waals surface area contributed by atoms with Gasteiger partial charge in [-0.2, -0.15) is 0 Å². The molecular weight excluding hydrogens is 300 g/mol. The Bertz CT molecular complexity index is 627. The van der Waals surface area contributed by atoms with Crippen molar-refractivity contribution in [1.29, 1.82) is 0 Å². The third-order valence-electron chi connectivity index (χ3n) is 2.95. The minimum absolute atomic E-state index is 0.618. The molecule has 0 aliphatic carbocycles. The fourth-order valence-corrected chi connectivity index (χ4v) is 4.39. The molecule has 3 rings (SSSR count). The third kappa shape index (κ3) is 2.68. The van der Waals surface area contributed by atoms with Gasteiger partial charge in [0.25, 0.3) is 0 Å². The van der Waals surface area contributed by atoms with E-state index in [-0.39, 0.29) is 0 Å². The molecule has 0 bridgehead atoms. The average Bonchev–Trinajstić information content (AvgIpc) is 2.92. The normalized spacial score (nSPS) is 13.4. The Balaban J connectivity index is 1.82. The summed E-state index contributed by atoms with van der Waals surface area (Å²) in [6, 6.07) is 3.98. The van der Waals surface area contributed by atoms with Gasteiger partial charge in [0.1, 0.15) is 5.75 Å². The van der Waals surface area contributed by atoms with Crippen LogP contribution in [0.25, 0.3) is 0 Å². The van der Waals surface area contributed by atoms with Crippen molar-refractivity contribution in [3.05, 3.63) is 34.0 Å². The minimum Gasteiger partial charge on any atom is -0.493 e. The summed E-state index contributed by atoms with van der Waals surface area (Å²) in [7, 11) is 0. The van der Waals surface area contributed by atoms with Crippen LogP contribution in [-0.2, 0) is 12.2 Å². The second-order valence-electron chi connectivity index (χ2n) is 4.37. The van der Waals surface area contributed by atoms with Crippen molar-refractivity contribution >= 4 is 39.8 Å². The van der Waals surface area contributed by atoms with E-state index in [1.807, 2.05) is 19.1 Å². The number of nitrogen functional groups attached to an aromatic ring is 1. The fraction of sp³-hybridized carbons (Fsp3) is 0.308. The molecule has 0 saturated carbocycles. The van der Waals surface area contributed by atoms with E-state index in [2.05, 4.69) is 4.98 Å². The zero-order valence-corrected chi connectivity index (χ0v) is 12.8. The summed E-state index contributed by atoms with van der Waals surface area (Å²) in [5, 5.41) is 1.40. The number of rotatable bonds is 3. The molecule has 19 heavy (non-hydrogen) atoms. The van der Waals surface area contributed by atoms with Crippen LogP contribution in [-0.4, -0.2) is 11.6 Å². The van der Waals surface area contributed by atoms with E-state index >= 15 is 0 Å². The lowest BCUT2D eigenvalue weighted by Crippen LogP contribution is -1.90. The Kier molecular flexibility index (Phi) is 3.60. The van der Waals surface area contributed by atoms with Gasteiger partial charge in [-0.1, -0.05) is 22.9 Å². The molecule has 6 heteroatoms. The molecule has 100 valence electrons. The Morgan fingerprint density at radius 2 is 2.37 bits per heavy atom. The first-order valence-corrected chi connectivity index (χ1v) is 8.11. The third-order valence-corrected chi connectivity index (χ3v) is 5.57. The Morgan fingerprint density at radius 1 is 1.53 bits per heavy atom. The lowest BCUT2D eigenvalue weighted by atomic mass is 10.1. The van der Waals surface area contributed by atoms with Gasteiger partial charge in [-0.05, 0) is 24.6 Å². The number of thiazole rings is 1. The van der Waals surface area contributed by atoms with Crippen molar-refractivity contribution in [3.63, 3.8) is 0 Å². The van der Waals surface area contributed by atoms with Crippen molar-refractivity contribution in [3.8, 4) is 5.75 Å². The van der Waals surface area contributed by atoms with Crippen LogP contribution in [0, 0.1) is 6.92 Å². The van der Waals surface area contributed by atoms with Gasteiger partial charge in [0.05, 0.1) is 16.5 Å². The van der Waals surface area contributed by atoms with Gasteiger partial charge in [-0.3, -0.25) is 0 Å². The van der Waals surface area contributed by atoms with Crippen LogP contribution < -0.4 is 10.5 Å². The number of hydrogen-bond acceptors (Lipinski definition) is 5. The maximum atomic E-state index is 6.15. The largest absolute Gasteiger partial charge is 0.493 e. The average molecular weight is 313 g/mol.